The van der Waals surface area contributed by atoms with Gasteiger partial charge in [-0.3, -0.25) is 9.69 Å². The molecule has 0 unspecified atom stereocenters. The topological polar surface area (TPSA) is 56.7 Å². The Bertz CT molecular complexity index is 434. The third-order valence-electron chi connectivity index (χ3n) is 3.28. The average molecular weight is 284 g/mol. The normalized spacial score (nSPS) is 16.6. The minimum absolute atomic E-state index is 0.242. The van der Waals surface area contributed by atoms with Gasteiger partial charge >= 0.3 is 5.97 Å². The van der Waals surface area contributed by atoms with Crippen LogP contribution in [0.15, 0.2) is 18.3 Å². The van der Waals surface area contributed by atoms with Crippen molar-refractivity contribution >= 4 is 23.4 Å². The van der Waals surface area contributed by atoms with Crippen LogP contribution in [0, 0.1) is 0 Å². The standard InChI is InChI=1S/C13H18ClN3O2/c14-11-3-1-5-15-13(11)17-9-7-16(8-10-17)6-2-4-12(18)19/h1,3,5H,2,4,6-10H2,(H,18,19). The SMILES string of the molecule is O=C(O)CCCN1CCN(c2ncccc2Cl)CC1. The Morgan fingerprint density at radius 1 is 1.37 bits per heavy atom. The second-order valence-corrected chi connectivity index (χ2v) is 5.04. The number of carboxylic acid groups (broad SMARTS) is 1. The molecular weight excluding hydrogens is 266 g/mol. The first-order valence-corrected chi connectivity index (χ1v) is 6.84. The van der Waals surface area contributed by atoms with Gasteiger partial charge in [0.1, 0.15) is 5.82 Å². The average Bonchev–Trinajstić information content (AvgIpc) is 2.40. The maximum atomic E-state index is 10.5. The van der Waals surface area contributed by atoms with E-state index < -0.39 is 5.97 Å². The van der Waals surface area contributed by atoms with Gasteiger partial charge in [-0.15, -0.1) is 0 Å². The van der Waals surface area contributed by atoms with Crippen molar-refractivity contribution in [2.75, 3.05) is 37.6 Å². The third-order valence-corrected chi connectivity index (χ3v) is 3.57. The number of pyridine rings is 1. The number of piperazine rings is 1. The number of aromatic nitrogens is 1. The lowest BCUT2D eigenvalue weighted by Gasteiger charge is -2.35. The Labute approximate surface area is 117 Å². The van der Waals surface area contributed by atoms with Gasteiger partial charge in [0.25, 0.3) is 0 Å². The molecule has 0 atom stereocenters. The zero-order chi connectivity index (χ0) is 13.7. The van der Waals surface area contributed by atoms with Crippen LogP contribution in [-0.2, 0) is 4.79 Å². The van der Waals surface area contributed by atoms with Crippen LogP contribution < -0.4 is 4.90 Å². The van der Waals surface area contributed by atoms with Crippen molar-refractivity contribution in [3.63, 3.8) is 0 Å². The molecule has 6 heteroatoms. The fraction of sp³-hybridized carbons (Fsp3) is 0.538. The van der Waals surface area contributed by atoms with Gasteiger partial charge < -0.3 is 10.0 Å². The summed E-state index contributed by atoms with van der Waals surface area (Å²) in [4.78, 5) is 19.2. The van der Waals surface area contributed by atoms with Gasteiger partial charge in [-0.2, -0.15) is 0 Å². The monoisotopic (exact) mass is 283 g/mol. The molecule has 0 aliphatic carbocycles. The van der Waals surface area contributed by atoms with Crippen molar-refractivity contribution in [3.05, 3.63) is 23.4 Å². The molecule has 2 heterocycles. The van der Waals surface area contributed by atoms with Gasteiger partial charge in [0, 0.05) is 38.8 Å². The number of carbonyl (C=O) groups is 1. The molecule has 1 aromatic heterocycles. The maximum Gasteiger partial charge on any atom is 0.303 e. The van der Waals surface area contributed by atoms with Gasteiger partial charge in [0.05, 0.1) is 5.02 Å². The van der Waals surface area contributed by atoms with Crippen LogP contribution in [0.5, 0.6) is 0 Å². The number of halogens is 1. The summed E-state index contributed by atoms with van der Waals surface area (Å²) < 4.78 is 0. The molecule has 1 aliphatic heterocycles. The highest BCUT2D eigenvalue weighted by atomic mass is 35.5. The molecule has 0 bridgehead atoms. The summed E-state index contributed by atoms with van der Waals surface area (Å²) in [5, 5.41) is 9.30. The first-order valence-electron chi connectivity index (χ1n) is 6.46. The van der Waals surface area contributed by atoms with E-state index in [2.05, 4.69) is 14.8 Å². The number of rotatable bonds is 5. The van der Waals surface area contributed by atoms with E-state index in [4.69, 9.17) is 16.7 Å². The first kappa shape index (κ1) is 14.1. The highest BCUT2D eigenvalue weighted by Crippen LogP contribution is 2.23. The summed E-state index contributed by atoms with van der Waals surface area (Å²) in [6, 6.07) is 3.68. The van der Waals surface area contributed by atoms with Crippen molar-refractivity contribution in [1.29, 1.82) is 0 Å². The smallest absolute Gasteiger partial charge is 0.303 e. The fourth-order valence-corrected chi connectivity index (χ4v) is 2.49. The molecule has 0 aromatic carbocycles. The van der Waals surface area contributed by atoms with Crippen LogP contribution in [-0.4, -0.2) is 53.7 Å². The van der Waals surface area contributed by atoms with Crippen LogP contribution >= 0.6 is 11.6 Å². The summed E-state index contributed by atoms with van der Waals surface area (Å²) in [6.07, 6.45) is 2.70. The van der Waals surface area contributed by atoms with Crippen molar-refractivity contribution in [2.45, 2.75) is 12.8 Å². The fourth-order valence-electron chi connectivity index (χ4n) is 2.25. The second-order valence-electron chi connectivity index (χ2n) is 4.63. The molecule has 19 heavy (non-hydrogen) atoms. The third kappa shape index (κ3) is 4.08. The van der Waals surface area contributed by atoms with Crippen LogP contribution in [0.4, 0.5) is 5.82 Å². The molecule has 1 fully saturated rings. The molecule has 1 saturated heterocycles. The largest absolute Gasteiger partial charge is 0.481 e. The van der Waals surface area contributed by atoms with Gasteiger partial charge in [-0.1, -0.05) is 11.6 Å². The molecule has 5 nitrogen and oxygen atoms in total. The van der Waals surface area contributed by atoms with E-state index in [9.17, 15) is 4.79 Å². The van der Waals surface area contributed by atoms with Crippen LogP contribution in [0.3, 0.4) is 0 Å². The molecule has 2 rings (SSSR count). The Kier molecular flexibility index (Phi) is 4.99. The molecule has 0 amide bonds. The number of aliphatic carboxylic acids is 1. The van der Waals surface area contributed by atoms with E-state index in [1.165, 1.54) is 0 Å². The summed E-state index contributed by atoms with van der Waals surface area (Å²) in [7, 11) is 0. The first-order chi connectivity index (χ1) is 9.16. The van der Waals surface area contributed by atoms with E-state index >= 15 is 0 Å². The van der Waals surface area contributed by atoms with Gasteiger partial charge in [-0.25, -0.2) is 4.98 Å². The molecule has 0 radical (unpaired) electrons. The van der Waals surface area contributed by atoms with Gasteiger partial charge in [-0.05, 0) is 25.1 Å². The minimum Gasteiger partial charge on any atom is -0.481 e. The summed E-state index contributed by atoms with van der Waals surface area (Å²) >= 11 is 6.13. The molecular formula is C13H18ClN3O2. The quantitative estimate of drug-likeness (QED) is 0.892. The Morgan fingerprint density at radius 2 is 2.11 bits per heavy atom. The Hall–Kier alpha value is -1.33. The van der Waals surface area contributed by atoms with E-state index in [-0.39, 0.29) is 6.42 Å². The number of anilines is 1. The summed E-state index contributed by atoms with van der Waals surface area (Å²) in [5.74, 6) is 0.119. The van der Waals surface area contributed by atoms with E-state index in [0.29, 0.717) is 11.4 Å². The van der Waals surface area contributed by atoms with Crippen molar-refractivity contribution in [2.24, 2.45) is 0 Å². The highest BCUT2D eigenvalue weighted by Gasteiger charge is 2.19. The van der Waals surface area contributed by atoms with Gasteiger partial charge in [0.2, 0.25) is 0 Å². The molecule has 1 aromatic rings. The molecule has 1 N–H and O–H groups in total. The van der Waals surface area contributed by atoms with Crippen molar-refractivity contribution < 1.29 is 9.90 Å². The number of nitrogens with zero attached hydrogens (tertiary/aromatic N) is 3. The molecule has 0 spiro atoms. The second kappa shape index (κ2) is 6.73. The van der Waals surface area contributed by atoms with Crippen molar-refractivity contribution in [1.82, 2.24) is 9.88 Å². The predicted molar refractivity (Wildman–Crippen MR) is 74.8 cm³/mol. The molecule has 1 aliphatic rings. The zero-order valence-electron chi connectivity index (χ0n) is 10.8. The molecule has 104 valence electrons. The number of hydrogen-bond acceptors (Lipinski definition) is 4. The van der Waals surface area contributed by atoms with Gasteiger partial charge in [0.15, 0.2) is 0 Å². The predicted octanol–water partition coefficient (Wildman–Crippen LogP) is 1.72. The molecule has 0 saturated carbocycles. The lowest BCUT2D eigenvalue weighted by molar-refractivity contribution is -0.137. The highest BCUT2D eigenvalue weighted by molar-refractivity contribution is 6.32. The van der Waals surface area contributed by atoms with E-state index in [0.717, 1.165) is 38.5 Å². The number of hydrogen-bond donors (Lipinski definition) is 1. The Morgan fingerprint density at radius 3 is 2.74 bits per heavy atom. The summed E-state index contributed by atoms with van der Waals surface area (Å²) in [5.41, 5.74) is 0. The van der Waals surface area contributed by atoms with Crippen LogP contribution in [0.2, 0.25) is 5.02 Å². The maximum absolute atomic E-state index is 10.5. The zero-order valence-corrected chi connectivity index (χ0v) is 11.5. The lowest BCUT2D eigenvalue weighted by Crippen LogP contribution is -2.47. The van der Waals surface area contributed by atoms with E-state index in [1.807, 2.05) is 12.1 Å². The Balaban J connectivity index is 1.79. The number of carboxylic acids is 1. The minimum atomic E-state index is -0.723. The lowest BCUT2D eigenvalue weighted by atomic mass is 10.2. The van der Waals surface area contributed by atoms with Crippen molar-refractivity contribution in [3.8, 4) is 0 Å². The van der Waals surface area contributed by atoms with Crippen LogP contribution in [0.1, 0.15) is 12.8 Å². The summed E-state index contributed by atoms with van der Waals surface area (Å²) in [6.45, 7) is 4.45. The van der Waals surface area contributed by atoms with Crippen LogP contribution in [0.25, 0.3) is 0 Å². The van der Waals surface area contributed by atoms with E-state index in [1.54, 1.807) is 6.20 Å².